The lowest BCUT2D eigenvalue weighted by atomic mass is 10.1. The third-order valence-electron chi connectivity index (χ3n) is 4.15. The van der Waals surface area contributed by atoms with E-state index in [0.29, 0.717) is 5.92 Å². The quantitative estimate of drug-likeness (QED) is 0.782. The molecule has 0 aromatic carbocycles. The summed E-state index contributed by atoms with van der Waals surface area (Å²) in [4.78, 5) is 0. The van der Waals surface area contributed by atoms with Crippen LogP contribution >= 0.6 is 0 Å². The van der Waals surface area contributed by atoms with Gasteiger partial charge in [0.2, 0.25) is 5.65 Å². The predicted octanol–water partition coefficient (Wildman–Crippen LogP) is 2.30. The van der Waals surface area contributed by atoms with Gasteiger partial charge in [0.1, 0.15) is 6.33 Å². The van der Waals surface area contributed by atoms with Gasteiger partial charge in [0.05, 0.1) is 23.6 Å². The molecule has 1 unspecified atom stereocenters. The average molecular weight is 297 g/mol. The number of anilines is 1. The first kappa shape index (κ1) is 13.2. The molecule has 1 saturated carbocycles. The van der Waals surface area contributed by atoms with Gasteiger partial charge in [-0.25, -0.2) is 0 Å². The Hall–Kier alpha value is -2.44. The average Bonchev–Trinajstić information content (AvgIpc) is 3.11. The van der Waals surface area contributed by atoms with Crippen LogP contribution in [0.1, 0.15) is 49.4 Å². The number of aromatic nitrogens is 6. The molecular formula is C15H19N7. The molecule has 0 aliphatic heterocycles. The van der Waals surface area contributed by atoms with Gasteiger partial charge in [-0.15, -0.1) is 10.2 Å². The lowest BCUT2D eigenvalue weighted by molar-refractivity contribution is 0.738. The Labute approximate surface area is 128 Å². The molecule has 3 heterocycles. The summed E-state index contributed by atoms with van der Waals surface area (Å²) in [6, 6.07) is 2.32. The maximum atomic E-state index is 4.60. The van der Waals surface area contributed by atoms with Gasteiger partial charge in [-0.05, 0) is 25.3 Å². The molecule has 7 nitrogen and oxygen atoms in total. The number of hydrogen-bond acceptors (Lipinski definition) is 5. The van der Waals surface area contributed by atoms with E-state index in [2.05, 4.69) is 38.7 Å². The van der Waals surface area contributed by atoms with Crippen LogP contribution < -0.4 is 5.32 Å². The van der Waals surface area contributed by atoms with Crippen molar-refractivity contribution in [3.8, 4) is 0 Å². The summed E-state index contributed by atoms with van der Waals surface area (Å²) in [7, 11) is 1.94. The molecular weight excluding hydrogens is 278 g/mol. The van der Waals surface area contributed by atoms with Gasteiger partial charge in [0.25, 0.3) is 0 Å². The van der Waals surface area contributed by atoms with Crippen LogP contribution in [-0.2, 0) is 7.05 Å². The normalized spacial score (nSPS) is 16.1. The van der Waals surface area contributed by atoms with E-state index >= 15 is 0 Å². The minimum atomic E-state index is 0.198. The summed E-state index contributed by atoms with van der Waals surface area (Å²) in [6.07, 6.45) is 9.03. The van der Waals surface area contributed by atoms with Gasteiger partial charge in [0.15, 0.2) is 0 Å². The van der Waals surface area contributed by atoms with Crippen molar-refractivity contribution in [3.05, 3.63) is 36.0 Å². The summed E-state index contributed by atoms with van der Waals surface area (Å²) < 4.78 is 3.60. The SMILES string of the molecule is CCC(Nc1cc(C2CC2)nn2cnnc12)c1cnn(C)c1. The standard InChI is InChI=1S/C15H19N7/c1-3-12(11-7-17-21(2)8-11)18-14-6-13(10-4-5-10)20-22-9-16-19-15(14)22/h6-10,12,18H,3-5H2,1-2H3. The Morgan fingerprint density at radius 3 is 2.95 bits per heavy atom. The minimum absolute atomic E-state index is 0.198. The van der Waals surface area contributed by atoms with E-state index < -0.39 is 0 Å². The van der Waals surface area contributed by atoms with Gasteiger partial charge in [0, 0.05) is 24.7 Å². The lowest BCUT2D eigenvalue weighted by Crippen LogP contribution is -2.11. The molecule has 1 aliphatic rings. The molecule has 3 aromatic heterocycles. The van der Waals surface area contributed by atoms with E-state index in [1.165, 1.54) is 18.4 Å². The fraction of sp³-hybridized carbons (Fsp3) is 0.467. The van der Waals surface area contributed by atoms with E-state index in [-0.39, 0.29) is 6.04 Å². The number of nitrogens with zero attached hydrogens (tertiary/aromatic N) is 6. The Morgan fingerprint density at radius 1 is 1.41 bits per heavy atom. The summed E-state index contributed by atoms with van der Waals surface area (Å²) >= 11 is 0. The fourth-order valence-corrected chi connectivity index (χ4v) is 2.76. The summed E-state index contributed by atoms with van der Waals surface area (Å²) in [5, 5.41) is 20.6. The molecule has 0 bridgehead atoms. The first-order valence-corrected chi connectivity index (χ1v) is 7.70. The molecule has 1 aliphatic carbocycles. The Bertz CT molecular complexity index is 799. The molecule has 0 radical (unpaired) electrons. The van der Waals surface area contributed by atoms with Crippen LogP contribution in [0.25, 0.3) is 5.65 Å². The molecule has 1 fully saturated rings. The van der Waals surface area contributed by atoms with E-state index in [1.807, 2.05) is 24.1 Å². The van der Waals surface area contributed by atoms with Crippen molar-refractivity contribution in [2.75, 3.05) is 5.32 Å². The second-order valence-corrected chi connectivity index (χ2v) is 5.91. The number of hydrogen-bond donors (Lipinski definition) is 1. The molecule has 0 amide bonds. The summed E-state index contributed by atoms with van der Waals surface area (Å²) in [6.45, 7) is 2.16. The number of aryl methyl sites for hydroxylation is 1. The monoisotopic (exact) mass is 297 g/mol. The zero-order valence-corrected chi connectivity index (χ0v) is 12.8. The van der Waals surface area contributed by atoms with E-state index in [0.717, 1.165) is 23.4 Å². The molecule has 7 heteroatoms. The van der Waals surface area contributed by atoms with E-state index in [1.54, 1.807) is 10.8 Å². The highest BCUT2D eigenvalue weighted by Gasteiger charge is 2.27. The maximum absolute atomic E-state index is 4.60. The van der Waals surface area contributed by atoms with Crippen molar-refractivity contribution < 1.29 is 0 Å². The first-order valence-electron chi connectivity index (χ1n) is 7.70. The summed E-state index contributed by atoms with van der Waals surface area (Å²) in [5.74, 6) is 0.589. The Balaban J connectivity index is 1.71. The van der Waals surface area contributed by atoms with Crippen LogP contribution in [0.15, 0.2) is 24.8 Å². The fourth-order valence-electron chi connectivity index (χ4n) is 2.76. The molecule has 0 saturated heterocycles. The third-order valence-corrected chi connectivity index (χ3v) is 4.15. The number of fused-ring (bicyclic) bond motifs is 1. The highest BCUT2D eigenvalue weighted by molar-refractivity contribution is 5.67. The van der Waals surface area contributed by atoms with Crippen LogP contribution in [-0.4, -0.2) is 29.6 Å². The zero-order chi connectivity index (χ0) is 15.1. The van der Waals surface area contributed by atoms with Gasteiger partial charge < -0.3 is 5.32 Å². The second-order valence-electron chi connectivity index (χ2n) is 5.91. The number of nitrogens with one attached hydrogen (secondary N) is 1. The second kappa shape index (κ2) is 5.08. The topological polar surface area (TPSA) is 72.9 Å². The highest BCUT2D eigenvalue weighted by Crippen LogP contribution is 2.40. The van der Waals surface area contributed by atoms with Crippen molar-refractivity contribution in [2.24, 2.45) is 7.05 Å². The van der Waals surface area contributed by atoms with E-state index in [9.17, 15) is 0 Å². The Morgan fingerprint density at radius 2 is 2.27 bits per heavy atom. The molecule has 22 heavy (non-hydrogen) atoms. The molecule has 114 valence electrons. The first-order chi connectivity index (χ1) is 10.7. The van der Waals surface area contributed by atoms with Crippen LogP contribution in [0.5, 0.6) is 0 Å². The van der Waals surface area contributed by atoms with Gasteiger partial charge in [-0.1, -0.05) is 6.92 Å². The largest absolute Gasteiger partial charge is 0.375 e. The highest BCUT2D eigenvalue weighted by atomic mass is 15.4. The van der Waals surface area contributed by atoms with Gasteiger partial charge in [-0.3, -0.25) is 4.68 Å². The van der Waals surface area contributed by atoms with Crippen LogP contribution in [0.4, 0.5) is 5.69 Å². The third kappa shape index (κ3) is 2.32. The van der Waals surface area contributed by atoms with Crippen molar-refractivity contribution in [1.29, 1.82) is 0 Å². The molecule has 3 aromatic rings. The summed E-state index contributed by atoms with van der Waals surface area (Å²) in [5.41, 5.74) is 4.06. The number of rotatable bonds is 5. The van der Waals surface area contributed by atoms with Crippen molar-refractivity contribution in [1.82, 2.24) is 29.6 Å². The Kier molecular flexibility index (Phi) is 3.06. The van der Waals surface area contributed by atoms with Crippen LogP contribution in [0.2, 0.25) is 0 Å². The molecule has 1 N–H and O–H groups in total. The predicted molar refractivity (Wildman–Crippen MR) is 82.6 cm³/mol. The minimum Gasteiger partial charge on any atom is -0.375 e. The van der Waals surface area contributed by atoms with Crippen LogP contribution in [0, 0.1) is 0 Å². The molecule has 0 spiro atoms. The molecule has 1 atom stereocenters. The molecule has 4 rings (SSSR count). The van der Waals surface area contributed by atoms with Gasteiger partial charge >= 0.3 is 0 Å². The lowest BCUT2D eigenvalue weighted by Gasteiger charge is -2.17. The van der Waals surface area contributed by atoms with Crippen LogP contribution in [0.3, 0.4) is 0 Å². The van der Waals surface area contributed by atoms with Gasteiger partial charge in [-0.2, -0.15) is 14.7 Å². The van der Waals surface area contributed by atoms with Crippen molar-refractivity contribution in [2.45, 2.75) is 38.1 Å². The zero-order valence-electron chi connectivity index (χ0n) is 12.8. The smallest absolute Gasteiger partial charge is 0.200 e. The van der Waals surface area contributed by atoms with E-state index in [4.69, 9.17) is 0 Å². The maximum Gasteiger partial charge on any atom is 0.200 e. The van der Waals surface area contributed by atoms with Crippen molar-refractivity contribution in [3.63, 3.8) is 0 Å². The van der Waals surface area contributed by atoms with Crippen molar-refractivity contribution >= 4 is 11.3 Å².